The molecule has 184 valence electrons. The van der Waals surface area contributed by atoms with E-state index in [1.54, 1.807) is 0 Å². The minimum atomic E-state index is -4.69. The van der Waals surface area contributed by atoms with E-state index in [0.29, 0.717) is 0 Å². The van der Waals surface area contributed by atoms with Crippen LogP contribution in [0.4, 0.5) is 23.4 Å². The molecule has 4 rings (SSSR count). The van der Waals surface area contributed by atoms with Crippen LogP contribution >= 0.6 is 0 Å². The Labute approximate surface area is 194 Å². The molecule has 35 heavy (non-hydrogen) atoms. The molecule has 0 radical (unpaired) electrons. The lowest BCUT2D eigenvalue weighted by Crippen LogP contribution is -2.21. The summed E-state index contributed by atoms with van der Waals surface area (Å²) in [6.45, 7) is -1.72. The van der Waals surface area contributed by atoms with E-state index in [4.69, 9.17) is 4.74 Å². The molecule has 0 aliphatic heterocycles. The highest BCUT2D eigenvalue weighted by Gasteiger charge is 2.29. The number of nitrogens with one attached hydrogen (secondary N) is 1. The molecule has 0 bridgehead atoms. The Kier molecular flexibility index (Phi) is 6.15. The second-order valence-electron chi connectivity index (χ2n) is 7.08. The van der Waals surface area contributed by atoms with E-state index in [1.807, 2.05) is 0 Å². The Balaban J connectivity index is 1.80. The normalized spacial score (nSPS) is 12.0. The lowest BCUT2D eigenvalue weighted by Gasteiger charge is -2.17. The van der Waals surface area contributed by atoms with Gasteiger partial charge in [0.25, 0.3) is 15.6 Å². The molecule has 0 unspecified atom stereocenters. The van der Waals surface area contributed by atoms with Gasteiger partial charge >= 0.3 is 6.18 Å². The number of ether oxygens (including phenoxy) is 2. The van der Waals surface area contributed by atoms with Gasteiger partial charge < -0.3 is 14.0 Å². The highest BCUT2D eigenvalue weighted by molar-refractivity contribution is 7.92. The van der Waals surface area contributed by atoms with Gasteiger partial charge in [-0.15, -0.1) is 0 Å². The van der Waals surface area contributed by atoms with E-state index in [9.17, 15) is 30.8 Å². The molecule has 0 fully saturated rings. The smallest absolute Gasteiger partial charge is 0.422 e. The van der Waals surface area contributed by atoms with Crippen molar-refractivity contribution in [1.29, 1.82) is 0 Å². The van der Waals surface area contributed by atoms with Gasteiger partial charge in [0, 0.05) is 29.7 Å². The lowest BCUT2D eigenvalue weighted by atomic mass is 10.2. The van der Waals surface area contributed by atoms with Crippen LogP contribution in [-0.2, 0) is 10.0 Å². The second kappa shape index (κ2) is 8.94. The Morgan fingerprint density at radius 1 is 1.09 bits per heavy atom. The van der Waals surface area contributed by atoms with Crippen LogP contribution in [0.5, 0.6) is 11.5 Å². The average Bonchev–Trinajstić information content (AvgIpc) is 3.29. The van der Waals surface area contributed by atoms with Crippen LogP contribution in [0, 0.1) is 5.82 Å². The molecule has 1 N–H and O–H groups in total. The molecule has 9 nitrogen and oxygen atoms in total. The van der Waals surface area contributed by atoms with Crippen molar-refractivity contribution in [1.82, 2.24) is 9.72 Å². The third kappa shape index (κ3) is 5.06. The van der Waals surface area contributed by atoms with Crippen molar-refractivity contribution >= 4 is 26.7 Å². The number of aromatic nitrogens is 2. The maximum atomic E-state index is 14.6. The number of hydrogen-bond acceptors (Lipinski definition) is 7. The Hall–Kier alpha value is -4.07. The number of hydrogen-bond donors (Lipinski definition) is 1. The molecule has 2 aromatic carbocycles. The summed E-state index contributed by atoms with van der Waals surface area (Å²) in [5.41, 5.74) is -0.577. The lowest BCUT2D eigenvalue weighted by molar-refractivity contribution is -0.153. The highest BCUT2D eigenvalue weighted by atomic mass is 32.2. The summed E-state index contributed by atoms with van der Waals surface area (Å²) in [7, 11) is -2.88. The zero-order valence-corrected chi connectivity index (χ0v) is 18.5. The van der Waals surface area contributed by atoms with Gasteiger partial charge in [0.1, 0.15) is 12.0 Å². The minimum absolute atomic E-state index is 0.0388. The molecule has 2 heterocycles. The minimum Gasteiger partial charge on any atom is -0.494 e. The van der Waals surface area contributed by atoms with Gasteiger partial charge in [-0.25, -0.2) is 12.8 Å². The van der Waals surface area contributed by atoms with Gasteiger partial charge in [-0.2, -0.15) is 13.2 Å². The molecule has 14 heteroatoms. The molecule has 4 aromatic rings. The quantitative estimate of drug-likeness (QED) is 0.374. The van der Waals surface area contributed by atoms with Crippen molar-refractivity contribution in [2.24, 2.45) is 0 Å². The number of alkyl halides is 3. The average molecular weight is 513 g/mol. The van der Waals surface area contributed by atoms with Crippen LogP contribution in [0.3, 0.4) is 0 Å². The molecule has 0 atom stereocenters. The van der Waals surface area contributed by atoms with E-state index in [0.717, 1.165) is 22.8 Å². The topological polar surface area (TPSA) is 113 Å². The molecule has 2 aromatic heterocycles. The summed E-state index contributed by atoms with van der Waals surface area (Å²) in [5.74, 6) is -2.07. The van der Waals surface area contributed by atoms with Crippen molar-refractivity contribution in [3.63, 3.8) is 0 Å². The fraction of sp³-hybridized carbons (Fsp3) is 0.143. The Morgan fingerprint density at radius 2 is 1.86 bits per heavy atom. The summed E-state index contributed by atoms with van der Waals surface area (Å²) in [6.07, 6.45) is -3.51. The zero-order chi connectivity index (χ0) is 25.4. The Bertz CT molecular complexity index is 1550. The summed E-state index contributed by atoms with van der Waals surface area (Å²) >= 11 is 0. The van der Waals surface area contributed by atoms with Crippen LogP contribution in [0.2, 0.25) is 0 Å². The van der Waals surface area contributed by atoms with Gasteiger partial charge in [0.15, 0.2) is 24.0 Å². The largest absolute Gasteiger partial charge is 0.494 e. The third-order valence-electron chi connectivity index (χ3n) is 4.72. The first kappa shape index (κ1) is 24.1. The van der Waals surface area contributed by atoms with E-state index in [2.05, 4.69) is 19.1 Å². The maximum Gasteiger partial charge on any atom is 0.422 e. The molecule has 0 aliphatic rings. The molecule has 0 aliphatic carbocycles. The van der Waals surface area contributed by atoms with Gasteiger partial charge in [0.05, 0.1) is 23.2 Å². The SMILES string of the molecule is COc1cc(OCC(F)(F)F)c(F)cc1-n1c(=O)ccc2cc(S(=O)(=O)Nc3ccon3)ccc21. The number of fused-ring (bicyclic) bond motifs is 1. The predicted molar refractivity (Wildman–Crippen MR) is 115 cm³/mol. The zero-order valence-electron chi connectivity index (χ0n) is 17.7. The standard InChI is InChI=1S/C21H15F4N3O6S/c1-32-18-10-17(33-11-21(23,24)25)14(22)9-16(18)28-15-4-3-13(8-12(15)2-5-20(28)29)35(30,31)27-19-6-7-34-26-19/h2-10H,11H2,1H3,(H,26,27). The number of benzene rings is 2. The van der Waals surface area contributed by atoms with E-state index >= 15 is 0 Å². The molecular weight excluding hydrogens is 498 g/mol. The van der Waals surface area contributed by atoms with E-state index in [-0.39, 0.29) is 33.1 Å². The number of halogens is 4. The van der Waals surface area contributed by atoms with E-state index < -0.39 is 39.9 Å². The maximum absolute atomic E-state index is 14.6. The number of nitrogens with zero attached hydrogens (tertiary/aromatic N) is 2. The van der Waals surface area contributed by atoms with Gasteiger partial charge in [-0.3, -0.25) is 14.1 Å². The first-order valence-corrected chi connectivity index (χ1v) is 11.1. The first-order valence-electron chi connectivity index (χ1n) is 9.65. The summed E-state index contributed by atoms with van der Waals surface area (Å²) in [5, 5.41) is 3.77. The number of rotatable bonds is 7. The molecule has 0 spiro atoms. The molecular formula is C21H15F4N3O6S. The van der Waals surface area contributed by atoms with Gasteiger partial charge in [-0.05, 0) is 24.3 Å². The second-order valence-corrected chi connectivity index (χ2v) is 8.76. The highest BCUT2D eigenvalue weighted by Crippen LogP contribution is 2.33. The fourth-order valence-electron chi connectivity index (χ4n) is 3.23. The van der Waals surface area contributed by atoms with E-state index in [1.165, 1.54) is 43.7 Å². The summed E-state index contributed by atoms with van der Waals surface area (Å²) in [4.78, 5) is 12.5. The number of methoxy groups -OCH3 is 1. The predicted octanol–water partition coefficient (Wildman–Crippen LogP) is 3.87. The van der Waals surface area contributed by atoms with Crippen molar-refractivity contribution in [2.45, 2.75) is 11.1 Å². The van der Waals surface area contributed by atoms with Crippen LogP contribution < -0.4 is 19.8 Å². The monoisotopic (exact) mass is 513 g/mol. The van der Waals surface area contributed by atoms with Crippen molar-refractivity contribution in [2.75, 3.05) is 18.4 Å². The molecule has 0 saturated carbocycles. The van der Waals surface area contributed by atoms with Crippen LogP contribution in [0.25, 0.3) is 16.6 Å². The van der Waals surface area contributed by atoms with Crippen LogP contribution in [-0.4, -0.2) is 38.0 Å². The molecule has 0 saturated heterocycles. The van der Waals surface area contributed by atoms with Crippen LogP contribution in [0.1, 0.15) is 0 Å². The first-order chi connectivity index (χ1) is 16.5. The third-order valence-corrected chi connectivity index (χ3v) is 6.07. The summed E-state index contributed by atoms with van der Waals surface area (Å²) < 4.78 is 94.8. The van der Waals surface area contributed by atoms with Gasteiger partial charge in [-0.1, -0.05) is 5.16 Å². The van der Waals surface area contributed by atoms with Crippen molar-refractivity contribution < 1.29 is 40.0 Å². The van der Waals surface area contributed by atoms with Gasteiger partial charge in [0.2, 0.25) is 0 Å². The van der Waals surface area contributed by atoms with Crippen molar-refractivity contribution in [3.05, 3.63) is 71.0 Å². The molecule has 0 amide bonds. The van der Waals surface area contributed by atoms with Crippen molar-refractivity contribution in [3.8, 4) is 17.2 Å². The number of sulfonamides is 1. The Morgan fingerprint density at radius 3 is 2.51 bits per heavy atom. The number of anilines is 1. The summed E-state index contributed by atoms with van der Waals surface area (Å²) in [6, 6.07) is 9.28. The fourth-order valence-corrected chi connectivity index (χ4v) is 4.26. The number of pyridine rings is 1. The van der Waals surface area contributed by atoms with Crippen LogP contribution in [0.15, 0.2) is 69.0 Å².